The summed E-state index contributed by atoms with van der Waals surface area (Å²) in [7, 11) is 0. The molecule has 0 unspecified atom stereocenters. The molecule has 0 radical (unpaired) electrons. The second-order valence-electron chi connectivity index (χ2n) is 3.42. The van der Waals surface area contributed by atoms with Crippen molar-refractivity contribution in [2.75, 3.05) is 5.73 Å². The highest BCUT2D eigenvalue weighted by Crippen LogP contribution is 2.23. The van der Waals surface area contributed by atoms with Crippen LogP contribution in [0.2, 0.25) is 0 Å². The van der Waals surface area contributed by atoms with Gasteiger partial charge in [-0.05, 0) is 36.8 Å². The Labute approximate surface area is 90.9 Å². The molecule has 5 heteroatoms. The monoisotopic (exact) mass is 221 g/mol. The molecule has 2 aromatic rings. The first-order valence-electron chi connectivity index (χ1n) is 4.63. The maximum atomic E-state index is 13.6. The molecular formula is C11H9F2N3. The molecule has 0 saturated heterocycles. The van der Waals surface area contributed by atoms with Crippen LogP contribution in [0.5, 0.6) is 0 Å². The number of benzene rings is 1. The largest absolute Gasteiger partial charge is 0.382 e. The van der Waals surface area contributed by atoms with Crippen LogP contribution in [0.4, 0.5) is 14.6 Å². The first-order chi connectivity index (χ1) is 7.58. The van der Waals surface area contributed by atoms with E-state index in [1.165, 1.54) is 19.1 Å². The number of hydrogen-bond acceptors (Lipinski definition) is 3. The van der Waals surface area contributed by atoms with Gasteiger partial charge in [0.15, 0.2) is 0 Å². The van der Waals surface area contributed by atoms with Crippen molar-refractivity contribution in [1.29, 1.82) is 0 Å². The Morgan fingerprint density at radius 2 is 1.81 bits per heavy atom. The van der Waals surface area contributed by atoms with Gasteiger partial charge in [-0.3, -0.25) is 0 Å². The van der Waals surface area contributed by atoms with Crippen molar-refractivity contribution in [3.63, 3.8) is 0 Å². The van der Waals surface area contributed by atoms with Crippen molar-refractivity contribution in [3.8, 4) is 11.3 Å². The first-order valence-corrected chi connectivity index (χ1v) is 4.63. The molecule has 0 saturated carbocycles. The van der Waals surface area contributed by atoms with Crippen LogP contribution < -0.4 is 5.73 Å². The van der Waals surface area contributed by atoms with Gasteiger partial charge in [0.2, 0.25) is 0 Å². The lowest BCUT2D eigenvalue weighted by Crippen LogP contribution is -1.96. The van der Waals surface area contributed by atoms with Crippen LogP contribution in [0.15, 0.2) is 24.3 Å². The SMILES string of the molecule is Cc1cc(F)c(-c2ccc(N)nn2)cc1F. The molecule has 0 aliphatic heterocycles. The molecular weight excluding hydrogens is 212 g/mol. The second kappa shape index (κ2) is 3.84. The molecule has 0 spiro atoms. The van der Waals surface area contributed by atoms with Gasteiger partial charge in [0, 0.05) is 5.56 Å². The lowest BCUT2D eigenvalue weighted by molar-refractivity contribution is 0.594. The fourth-order valence-electron chi connectivity index (χ4n) is 1.33. The van der Waals surface area contributed by atoms with Gasteiger partial charge in [0.05, 0.1) is 5.69 Å². The third kappa shape index (κ3) is 1.84. The number of anilines is 1. The van der Waals surface area contributed by atoms with E-state index < -0.39 is 11.6 Å². The number of nitrogens with two attached hydrogens (primary N) is 1. The summed E-state index contributed by atoms with van der Waals surface area (Å²) in [5, 5.41) is 7.29. The third-order valence-electron chi connectivity index (χ3n) is 2.21. The van der Waals surface area contributed by atoms with Crippen LogP contribution in [0.1, 0.15) is 5.56 Å². The lowest BCUT2D eigenvalue weighted by Gasteiger charge is -2.04. The molecule has 82 valence electrons. The summed E-state index contributed by atoms with van der Waals surface area (Å²) in [6.45, 7) is 1.50. The summed E-state index contributed by atoms with van der Waals surface area (Å²) in [6, 6.07) is 5.21. The highest BCUT2D eigenvalue weighted by molar-refractivity contribution is 5.60. The van der Waals surface area contributed by atoms with Crippen molar-refractivity contribution in [3.05, 3.63) is 41.5 Å². The van der Waals surface area contributed by atoms with Crippen molar-refractivity contribution in [2.45, 2.75) is 6.92 Å². The van der Waals surface area contributed by atoms with Gasteiger partial charge in [-0.2, -0.15) is 0 Å². The van der Waals surface area contributed by atoms with Gasteiger partial charge in [-0.1, -0.05) is 0 Å². The molecule has 2 N–H and O–H groups in total. The predicted octanol–water partition coefficient (Wildman–Crippen LogP) is 2.31. The summed E-state index contributed by atoms with van der Waals surface area (Å²) < 4.78 is 26.8. The van der Waals surface area contributed by atoms with Gasteiger partial charge in [-0.25, -0.2) is 8.78 Å². The van der Waals surface area contributed by atoms with Crippen molar-refractivity contribution in [2.24, 2.45) is 0 Å². The van der Waals surface area contributed by atoms with E-state index in [0.29, 0.717) is 0 Å². The Morgan fingerprint density at radius 3 is 2.44 bits per heavy atom. The zero-order valence-corrected chi connectivity index (χ0v) is 8.54. The molecule has 0 aliphatic carbocycles. The fourth-order valence-corrected chi connectivity index (χ4v) is 1.33. The van der Waals surface area contributed by atoms with Gasteiger partial charge in [0.1, 0.15) is 17.5 Å². The molecule has 1 aromatic carbocycles. The highest BCUT2D eigenvalue weighted by atomic mass is 19.1. The minimum Gasteiger partial charge on any atom is -0.382 e. The standard InChI is InChI=1S/C11H9F2N3/c1-6-4-9(13)7(5-8(6)12)10-2-3-11(14)16-15-10/h2-5H,1H3,(H2,14,16). The van der Waals surface area contributed by atoms with Crippen LogP contribution in [0.25, 0.3) is 11.3 Å². The molecule has 3 nitrogen and oxygen atoms in total. The van der Waals surface area contributed by atoms with E-state index in [2.05, 4.69) is 10.2 Å². The predicted molar refractivity (Wildman–Crippen MR) is 56.5 cm³/mol. The minimum absolute atomic E-state index is 0.0793. The third-order valence-corrected chi connectivity index (χ3v) is 2.21. The normalized spacial score (nSPS) is 10.4. The smallest absolute Gasteiger partial charge is 0.146 e. The highest BCUT2D eigenvalue weighted by Gasteiger charge is 2.10. The van der Waals surface area contributed by atoms with Crippen LogP contribution >= 0.6 is 0 Å². The molecule has 0 aliphatic rings. The minimum atomic E-state index is -0.530. The molecule has 1 aromatic heterocycles. The van der Waals surface area contributed by atoms with E-state index >= 15 is 0 Å². The van der Waals surface area contributed by atoms with Crippen molar-refractivity contribution in [1.82, 2.24) is 10.2 Å². The summed E-state index contributed by atoms with van der Waals surface area (Å²) in [5.41, 5.74) is 5.94. The summed E-state index contributed by atoms with van der Waals surface area (Å²) >= 11 is 0. The zero-order valence-electron chi connectivity index (χ0n) is 8.54. The molecule has 2 rings (SSSR count). The van der Waals surface area contributed by atoms with Crippen molar-refractivity contribution < 1.29 is 8.78 Å². The van der Waals surface area contributed by atoms with Crippen LogP contribution in [-0.2, 0) is 0 Å². The molecule has 0 amide bonds. The van der Waals surface area contributed by atoms with Crippen LogP contribution in [0.3, 0.4) is 0 Å². The topological polar surface area (TPSA) is 51.8 Å². The first kappa shape index (κ1) is 10.5. The molecule has 1 heterocycles. The van der Waals surface area contributed by atoms with Gasteiger partial charge >= 0.3 is 0 Å². The Morgan fingerprint density at radius 1 is 1.06 bits per heavy atom. The quantitative estimate of drug-likeness (QED) is 0.803. The Balaban J connectivity index is 2.56. The Bertz CT molecular complexity index is 523. The van der Waals surface area contributed by atoms with E-state index in [0.717, 1.165) is 12.1 Å². The molecule has 0 atom stereocenters. The number of rotatable bonds is 1. The number of nitrogen functional groups attached to an aromatic ring is 1. The van der Waals surface area contributed by atoms with Gasteiger partial charge in [-0.15, -0.1) is 10.2 Å². The Kier molecular flexibility index (Phi) is 2.52. The van der Waals surface area contributed by atoms with Crippen LogP contribution in [0, 0.1) is 18.6 Å². The molecule has 0 bridgehead atoms. The molecule has 0 fully saturated rings. The number of hydrogen-bond donors (Lipinski definition) is 1. The van der Waals surface area contributed by atoms with E-state index in [4.69, 9.17) is 5.73 Å². The average Bonchev–Trinajstić information content (AvgIpc) is 2.25. The van der Waals surface area contributed by atoms with Gasteiger partial charge in [0.25, 0.3) is 0 Å². The summed E-state index contributed by atoms with van der Waals surface area (Å²) in [5.74, 6) is -0.773. The maximum Gasteiger partial charge on any atom is 0.146 e. The fraction of sp³-hybridized carbons (Fsp3) is 0.0909. The number of nitrogens with zero attached hydrogens (tertiary/aromatic N) is 2. The second-order valence-corrected chi connectivity index (χ2v) is 3.42. The number of halogens is 2. The molecule has 16 heavy (non-hydrogen) atoms. The zero-order chi connectivity index (χ0) is 11.7. The Hall–Kier alpha value is -2.04. The van der Waals surface area contributed by atoms with Crippen LogP contribution in [-0.4, -0.2) is 10.2 Å². The van der Waals surface area contributed by atoms with E-state index in [1.54, 1.807) is 0 Å². The summed E-state index contributed by atoms with van der Waals surface area (Å²) in [6.07, 6.45) is 0. The lowest BCUT2D eigenvalue weighted by atomic mass is 10.1. The van der Waals surface area contributed by atoms with E-state index in [-0.39, 0.29) is 22.6 Å². The summed E-state index contributed by atoms with van der Waals surface area (Å²) in [4.78, 5) is 0. The number of aromatic nitrogens is 2. The van der Waals surface area contributed by atoms with E-state index in [1.807, 2.05) is 0 Å². The van der Waals surface area contributed by atoms with Crippen molar-refractivity contribution >= 4 is 5.82 Å². The average molecular weight is 221 g/mol. The van der Waals surface area contributed by atoms with E-state index in [9.17, 15) is 8.78 Å². The number of aryl methyl sites for hydroxylation is 1. The van der Waals surface area contributed by atoms with Gasteiger partial charge < -0.3 is 5.73 Å². The maximum absolute atomic E-state index is 13.6.